The van der Waals surface area contributed by atoms with Crippen LogP contribution in [0.4, 0.5) is 5.69 Å². The van der Waals surface area contributed by atoms with Crippen molar-refractivity contribution in [2.24, 2.45) is 0 Å². The number of rotatable bonds is 5. The van der Waals surface area contributed by atoms with Gasteiger partial charge in [-0.2, -0.15) is 0 Å². The van der Waals surface area contributed by atoms with E-state index in [1.54, 1.807) is 0 Å². The molecule has 1 aliphatic heterocycles. The van der Waals surface area contributed by atoms with Gasteiger partial charge in [0.15, 0.2) is 0 Å². The van der Waals surface area contributed by atoms with E-state index in [0.717, 1.165) is 41.1 Å². The van der Waals surface area contributed by atoms with E-state index in [0.29, 0.717) is 5.88 Å². The molecule has 0 fully saturated rings. The van der Waals surface area contributed by atoms with Crippen molar-refractivity contribution in [3.63, 3.8) is 0 Å². The molecule has 4 heteroatoms. The first-order valence-corrected chi connectivity index (χ1v) is 9.47. The van der Waals surface area contributed by atoms with Crippen molar-refractivity contribution in [1.29, 1.82) is 0 Å². The Labute approximate surface area is 156 Å². The first-order chi connectivity index (χ1) is 12.4. The van der Waals surface area contributed by atoms with Crippen molar-refractivity contribution in [3.05, 3.63) is 46.6 Å². The lowest BCUT2D eigenvalue weighted by atomic mass is 10.0. The fourth-order valence-corrected chi connectivity index (χ4v) is 3.82. The van der Waals surface area contributed by atoms with E-state index in [2.05, 4.69) is 31.8 Å². The van der Waals surface area contributed by atoms with Gasteiger partial charge in [0.1, 0.15) is 5.75 Å². The number of nitrogens with zero attached hydrogens (tertiary/aromatic N) is 2. The Morgan fingerprint density at radius 1 is 1.15 bits per heavy atom. The standard InChI is InChI=1S/C22H28N2O2/c1-7-17(8-2)24-18-12-15(5)23-21(20(18)16(6)22(24)25)26-19-10-9-13(3)11-14(19)4/h9-12,16-17H,7-8H2,1-6H3. The van der Waals surface area contributed by atoms with Gasteiger partial charge in [-0.05, 0) is 58.2 Å². The Morgan fingerprint density at radius 2 is 1.85 bits per heavy atom. The summed E-state index contributed by atoms with van der Waals surface area (Å²) in [6.07, 6.45) is 1.87. The lowest BCUT2D eigenvalue weighted by Gasteiger charge is -2.27. The average Bonchev–Trinajstić information content (AvgIpc) is 2.83. The molecule has 1 aliphatic rings. The summed E-state index contributed by atoms with van der Waals surface area (Å²) >= 11 is 0. The zero-order valence-electron chi connectivity index (χ0n) is 16.6. The first kappa shape index (κ1) is 18.4. The predicted molar refractivity (Wildman–Crippen MR) is 105 cm³/mol. The van der Waals surface area contributed by atoms with Crippen molar-refractivity contribution in [1.82, 2.24) is 4.98 Å². The van der Waals surface area contributed by atoms with Crippen LogP contribution in [-0.4, -0.2) is 16.9 Å². The molecule has 0 saturated heterocycles. The maximum absolute atomic E-state index is 13.0. The first-order valence-electron chi connectivity index (χ1n) is 9.47. The number of aromatic nitrogens is 1. The van der Waals surface area contributed by atoms with E-state index >= 15 is 0 Å². The van der Waals surface area contributed by atoms with Crippen LogP contribution in [0.15, 0.2) is 24.3 Å². The molecule has 1 aromatic heterocycles. The normalized spacial score (nSPS) is 16.3. The lowest BCUT2D eigenvalue weighted by Crippen LogP contribution is -2.37. The second-order valence-electron chi connectivity index (χ2n) is 7.27. The zero-order chi connectivity index (χ0) is 19.0. The summed E-state index contributed by atoms with van der Waals surface area (Å²) in [4.78, 5) is 19.6. The van der Waals surface area contributed by atoms with Gasteiger partial charge >= 0.3 is 0 Å². The average molecular weight is 352 g/mol. The largest absolute Gasteiger partial charge is 0.438 e. The Kier molecular flexibility index (Phi) is 5.03. The molecule has 138 valence electrons. The van der Waals surface area contributed by atoms with Gasteiger partial charge in [0.25, 0.3) is 0 Å². The van der Waals surface area contributed by atoms with Crippen LogP contribution in [0.25, 0.3) is 0 Å². The fourth-order valence-electron chi connectivity index (χ4n) is 3.82. The molecular formula is C22H28N2O2. The summed E-state index contributed by atoms with van der Waals surface area (Å²) in [6.45, 7) is 12.3. The lowest BCUT2D eigenvalue weighted by molar-refractivity contribution is -0.119. The number of pyridine rings is 1. The number of aryl methyl sites for hydroxylation is 3. The van der Waals surface area contributed by atoms with Crippen molar-refractivity contribution in [2.45, 2.75) is 66.3 Å². The molecule has 2 heterocycles. The number of fused-ring (bicyclic) bond motifs is 1. The van der Waals surface area contributed by atoms with Crippen molar-refractivity contribution < 1.29 is 9.53 Å². The topological polar surface area (TPSA) is 42.4 Å². The molecule has 0 saturated carbocycles. The van der Waals surface area contributed by atoms with Crippen LogP contribution >= 0.6 is 0 Å². The summed E-state index contributed by atoms with van der Waals surface area (Å²) in [5, 5.41) is 0. The van der Waals surface area contributed by atoms with Crippen LogP contribution in [0.5, 0.6) is 11.6 Å². The summed E-state index contributed by atoms with van der Waals surface area (Å²) in [5.74, 6) is 1.25. The van der Waals surface area contributed by atoms with Crippen LogP contribution in [0.1, 0.15) is 61.9 Å². The molecule has 1 amide bonds. The predicted octanol–water partition coefficient (Wildman–Crippen LogP) is 5.44. The van der Waals surface area contributed by atoms with Crippen molar-refractivity contribution >= 4 is 11.6 Å². The molecule has 0 aliphatic carbocycles. The van der Waals surface area contributed by atoms with E-state index in [4.69, 9.17) is 4.74 Å². The maximum atomic E-state index is 13.0. The molecule has 0 radical (unpaired) electrons. The molecule has 0 N–H and O–H groups in total. The highest BCUT2D eigenvalue weighted by molar-refractivity contribution is 6.06. The third-order valence-corrected chi connectivity index (χ3v) is 5.27. The molecule has 0 bridgehead atoms. The van der Waals surface area contributed by atoms with E-state index in [-0.39, 0.29) is 17.9 Å². The SMILES string of the molecule is CCC(CC)N1C(=O)C(C)c2c1cc(C)nc2Oc1ccc(C)cc1C. The Morgan fingerprint density at radius 3 is 2.46 bits per heavy atom. The molecular weight excluding hydrogens is 324 g/mol. The zero-order valence-corrected chi connectivity index (χ0v) is 16.6. The van der Waals surface area contributed by atoms with Gasteiger partial charge < -0.3 is 9.64 Å². The van der Waals surface area contributed by atoms with Crippen molar-refractivity contribution in [2.75, 3.05) is 4.90 Å². The highest BCUT2D eigenvalue weighted by atomic mass is 16.5. The molecule has 26 heavy (non-hydrogen) atoms. The molecule has 1 aromatic carbocycles. The number of anilines is 1. The smallest absolute Gasteiger partial charge is 0.234 e. The van der Waals surface area contributed by atoms with Gasteiger partial charge in [0.05, 0.1) is 17.2 Å². The van der Waals surface area contributed by atoms with Crippen LogP contribution in [0.2, 0.25) is 0 Å². The second-order valence-corrected chi connectivity index (χ2v) is 7.27. The number of amides is 1. The molecule has 3 rings (SSSR count). The van der Waals surface area contributed by atoms with Gasteiger partial charge in [0.2, 0.25) is 11.8 Å². The molecule has 0 spiro atoms. The summed E-state index contributed by atoms with van der Waals surface area (Å²) in [7, 11) is 0. The van der Waals surface area contributed by atoms with Gasteiger partial charge in [-0.15, -0.1) is 0 Å². The van der Waals surface area contributed by atoms with Gasteiger partial charge in [-0.25, -0.2) is 4.98 Å². The number of hydrogen-bond acceptors (Lipinski definition) is 3. The van der Waals surface area contributed by atoms with E-state index < -0.39 is 0 Å². The van der Waals surface area contributed by atoms with E-state index in [1.807, 2.05) is 43.9 Å². The Bertz CT molecular complexity index is 840. The van der Waals surface area contributed by atoms with Crippen LogP contribution in [-0.2, 0) is 4.79 Å². The Hall–Kier alpha value is -2.36. The highest BCUT2D eigenvalue weighted by Crippen LogP contribution is 2.45. The Balaban J connectivity index is 2.09. The second kappa shape index (κ2) is 7.10. The molecule has 1 unspecified atom stereocenters. The summed E-state index contributed by atoms with van der Waals surface area (Å²) in [6, 6.07) is 8.33. The quantitative estimate of drug-likeness (QED) is 0.720. The van der Waals surface area contributed by atoms with E-state index in [9.17, 15) is 4.79 Å². The van der Waals surface area contributed by atoms with Crippen LogP contribution < -0.4 is 9.64 Å². The third kappa shape index (κ3) is 3.09. The van der Waals surface area contributed by atoms with Gasteiger partial charge in [-0.1, -0.05) is 31.5 Å². The van der Waals surface area contributed by atoms with Crippen LogP contribution in [0.3, 0.4) is 0 Å². The minimum atomic E-state index is -0.237. The molecule has 2 aromatic rings. The van der Waals surface area contributed by atoms with Crippen LogP contribution in [0, 0.1) is 20.8 Å². The number of benzene rings is 1. The fraction of sp³-hybridized carbons (Fsp3) is 0.455. The van der Waals surface area contributed by atoms with Gasteiger partial charge in [0, 0.05) is 11.7 Å². The summed E-state index contributed by atoms with van der Waals surface area (Å²) in [5.41, 5.74) is 4.99. The number of carbonyl (C=O) groups excluding carboxylic acids is 1. The number of ether oxygens (including phenoxy) is 1. The molecule has 4 nitrogen and oxygen atoms in total. The van der Waals surface area contributed by atoms with Gasteiger partial charge in [-0.3, -0.25) is 4.79 Å². The van der Waals surface area contributed by atoms with Crippen molar-refractivity contribution in [3.8, 4) is 11.6 Å². The monoisotopic (exact) mass is 352 g/mol. The third-order valence-electron chi connectivity index (χ3n) is 5.27. The maximum Gasteiger partial charge on any atom is 0.234 e. The minimum Gasteiger partial charge on any atom is -0.438 e. The highest BCUT2D eigenvalue weighted by Gasteiger charge is 2.40. The summed E-state index contributed by atoms with van der Waals surface area (Å²) < 4.78 is 6.21. The number of carbonyl (C=O) groups is 1. The number of hydrogen-bond donors (Lipinski definition) is 0. The minimum absolute atomic E-state index is 0.145. The molecule has 1 atom stereocenters. The van der Waals surface area contributed by atoms with E-state index in [1.165, 1.54) is 5.56 Å².